The summed E-state index contributed by atoms with van der Waals surface area (Å²) in [5.41, 5.74) is 1.73. The second-order valence-electron chi connectivity index (χ2n) is 8.91. The van der Waals surface area contributed by atoms with Gasteiger partial charge < -0.3 is 25.4 Å². The third kappa shape index (κ3) is 7.44. The molecular weight excluding hydrogens is 408 g/mol. The van der Waals surface area contributed by atoms with Crippen molar-refractivity contribution < 1.29 is 19.1 Å². The Balaban J connectivity index is 2.21. The lowest BCUT2D eigenvalue weighted by Gasteiger charge is -2.24. The van der Waals surface area contributed by atoms with Gasteiger partial charge in [0.15, 0.2) is 0 Å². The molecule has 0 fully saturated rings. The second-order valence-corrected chi connectivity index (χ2v) is 8.91. The number of methoxy groups -OCH3 is 1. The van der Waals surface area contributed by atoms with Gasteiger partial charge in [0.2, 0.25) is 5.91 Å². The Morgan fingerprint density at radius 3 is 2.44 bits per heavy atom. The molecule has 3 N–H and O–H groups in total. The maximum Gasteiger partial charge on any atom is 0.408 e. The summed E-state index contributed by atoms with van der Waals surface area (Å²) in [5, 5.41) is 8.58. The fourth-order valence-electron chi connectivity index (χ4n) is 3.12. The van der Waals surface area contributed by atoms with Crippen LogP contribution < -0.4 is 20.7 Å². The lowest BCUT2D eigenvalue weighted by molar-refractivity contribution is -0.118. The summed E-state index contributed by atoms with van der Waals surface area (Å²) in [6.07, 6.45) is 1.57. The van der Waals surface area contributed by atoms with Gasteiger partial charge in [-0.3, -0.25) is 4.79 Å². The molecule has 0 aliphatic rings. The van der Waals surface area contributed by atoms with Gasteiger partial charge in [-0.25, -0.2) is 9.78 Å². The number of carbonyl (C=O) groups is 2. The molecule has 1 aromatic carbocycles. The summed E-state index contributed by atoms with van der Waals surface area (Å²) < 4.78 is 10.9. The fraction of sp³-hybridized carbons (Fsp3) is 0.458. The minimum atomic E-state index is -0.728. The monoisotopic (exact) mass is 442 g/mol. The first kappa shape index (κ1) is 25.0. The minimum Gasteiger partial charge on any atom is -0.496 e. The Morgan fingerprint density at radius 2 is 1.84 bits per heavy atom. The zero-order valence-corrected chi connectivity index (χ0v) is 19.9. The van der Waals surface area contributed by atoms with E-state index < -0.39 is 17.7 Å². The minimum absolute atomic E-state index is 0.200. The summed E-state index contributed by atoms with van der Waals surface area (Å²) in [7, 11) is 3.39. The molecule has 2 amide bonds. The van der Waals surface area contributed by atoms with Crippen molar-refractivity contribution in [2.24, 2.45) is 5.92 Å². The first-order valence-corrected chi connectivity index (χ1v) is 10.6. The summed E-state index contributed by atoms with van der Waals surface area (Å²) in [5.74, 6) is 1.23. The Kier molecular flexibility index (Phi) is 8.46. The number of anilines is 2. The lowest BCUT2D eigenvalue weighted by Crippen LogP contribution is -2.46. The van der Waals surface area contributed by atoms with Crippen LogP contribution >= 0.6 is 0 Å². The molecule has 0 saturated heterocycles. The maximum absolute atomic E-state index is 12.9. The predicted octanol–water partition coefficient (Wildman–Crippen LogP) is 4.68. The third-order valence-electron chi connectivity index (χ3n) is 4.51. The van der Waals surface area contributed by atoms with Crippen LogP contribution in [0.5, 0.6) is 5.75 Å². The third-order valence-corrected chi connectivity index (χ3v) is 4.51. The van der Waals surface area contributed by atoms with Crippen molar-refractivity contribution in [1.82, 2.24) is 10.3 Å². The van der Waals surface area contributed by atoms with Crippen LogP contribution in [-0.4, -0.2) is 42.8 Å². The van der Waals surface area contributed by atoms with Crippen LogP contribution in [0.2, 0.25) is 0 Å². The molecule has 0 bridgehead atoms. The van der Waals surface area contributed by atoms with E-state index in [1.54, 1.807) is 53.3 Å². The molecule has 1 aromatic heterocycles. The molecule has 8 heteroatoms. The normalized spacial score (nSPS) is 12.1. The first-order valence-electron chi connectivity index (χ1n) is 10.6. The molecule has 2 rings (SSSR count). The van der Waals surface area contributed by atoms with Gasteiger partial charge in [0.25, 0.3) is 0 Å². The van der Waals surface area contributed by atoms with E-state index in [2.05, 4.69) is 20.9 Å². The number of carbonyl (C=O) groups excluding carboxylic acids is 2. The van der Waals surface area contributed by atoms with Gasteiger partial charge in [0.05, 0.1) is 7.11 Å². The summed E-state index contributed by atoms with van der Waals surface area (Å²) in [4.78, 5) is 29.4. The average molecular weight is 443 g/mol. The highest BCUT2D eigenvalue weighted by atomic mass is 16.6. The zero-order chi connectivity index (χ0) is 23.9. The predicted molar refractivity (Wildman–Crippen MR) is 127 cm³/mol. The van der Waals surface area contributed by atoms with Gasteiger partial charge in [-0.1, -0.05) is 13.8 Å². The number of ether oxygens (including phenoxy) is 2. The van der Waals surface area contributed by atoms with Crippen molar-refractivity contribution in [3.8, 4) is 16.9 Å². The standard InChI is InChI=1S/C24H34N4O4/c1-15(2)12-19(28-23(30)32-24(3,4)5)22(29)27-17-8-9-18(20(14-17)31-7)16-10-11-26-21(13-16)25-6/h8-11,13-15,19H,12H2,1-7H3,(H,25,26)(H,27,29)(H,28,30). The Bertz CT molecular complexity index is 938. The van der Waals surface area contributed by atoms with Gasteiger partial charge in [-0.15, -0.1) is 0 Å². The molecule has 8 nitrogen and oxygen atoms in total. The van der Waals surface area contributed by atoms with E-state index >= 15 is 0 Å². The van der Waals surface area contributed by atoms with E-state index in [0.29, 0.717) is 17.9 Å². The lowest BCUT2D eigenvalue weighted by atomic mass is 10.0. The number of nitrogens with zero attached hydrogens (tertiary/aromatic N) is 1. The SMILES string of the molecule is CNc1cc(-c2ccc(NC(=O)C(CC(C)C)NC(=O)OC(C)(C)C)cc2OC)ccn1. The molecule has 0 radical (unpaired) electrons. The van der Waals surface area contributed by atoms with Crippen molar-refractivity contribution in [3.63, 3.8) is 0 Å². The molecule has 0 saturated carbocycles. The number of aromatic nitrogens is 1. The highest BCUT2D eigenvalue weighted by molar-refractivity contribution is 5.97. The van der Waals surface area contributed by atoms with Crippen LogP contribution in [0.1, 0.15) is 41.0 Å². The van der Waals surface area contributed by atoms with Gasteiger partial charge in [0, 0.05) is 30.6 Å². The molecule has 1 unspecified atom stereocenters. The zero-order valence-electron chi connectivity index (χ0n) is 19.9. The van der Waals surface area contributed by atoms with Crippen LogP contribution in [0.15, 0.2) is 36.5 Å². The number of hydrogen-bond donors (Lipinski definition) is 3. The topological polar surface area (TPSA) is 102 Å². The van der Waals surface area contributed by atoms with E-state index in [4.69, 9.17) is 9.47 Å². The van der Waals surface area contributed by atoms with Gasteiger partial charge >= 0.3 is 6.09 Å². The number of nitrogens with one attached hydrogen (secondary N) is 3. The molecule has 2 aromatic rings. The Hall–Kier alpha value is -3.29. The van der Waals surface area contributed by atoms with Crippen molar-refractivity contribution >= 4 is 23.5 Å². The summed E-state index contributed by atoms with van der Waals surface area (Å²) in [6.45, 7) is 9.31. The van der Waals surface area contributed by atoms with Crippen molar-refractivity contribution in [2.45, 2.75) is 52.7 Å². The Morgan fingerprint density at radius 1 is 1.12 bits per heavy atom. The number of rotatable bonds is 8. The summed E-state index contributed by atoms with van der Waals surface area (Å²) >= 11 is 0. The molecule has 0 aliphatic heterocycles. The molecule has 174 valence electrons. The van der Waals surface area contributed by atoms with Crippen LogP contribution in [0.25, 0.3) is 11.1 Å². The van der Waals surface area contributed by atoms with Crippen LogP contribution in [0.4, 0.5) is 16.3 Å². The summed E-state index contributed by atoms with van der Waals surface area (Å²) in [6, 6.07) is 8.51. The van der Waals surface area contributed by atoms with E-state index in [-0.39, 0.29) is 11.8 Å². The van der Waals surface area contributed by atoms with E-state index in [1.807, 2.05) is 32.0 Å². The second kappa shape index (κ2) is 10.8. The molecule has 1 atom stereocenters. The van der Waals surface area contributed by atoms with E-state index in [1.165, 1.54) is 0 Å². The number of benzene rings is 1. The molecule has 32 heavy (non-hydrogen) atoms. The van der Waals surface area contributed by atoms with E-state index in [0.717, 1.165) is 16.9 Å². The number of hydrogen-bond acceptors (Lipinski definition) is 6. The van der Waals surface area contributed by atoms with Gasteiger partial charge in [-0.05, 0) is 62.9 Å². The number of amides is 2. The van der Waals surface area contributed by atoms with Crippen LogP contribution in [0.3, 0.4) is 0 Å². The van der Waals surface area contributed by atoms with Crippen LogP contribution in [0, 0.1) is 5.92 Å². The molecule has 0 spiro atoms. The van der Waals surface area contributed by atoms with Gasteiger partial charge in [-0.2, -0.15) is 0 Å². The van der Waals surface area contributed by atoms with Crippen molar-refractivity contribution in [3.05, 3.63) is 36.5 Å². The average Bonchev–Trinajstić information content (AvgIpc) is 2.71. The van der Waals surface area contributed by atoms with E-state index in [9.17, 15) is 9.59 Å². The molecule has 1 heterocycles. The number of pyridine rings is 1. The maximum atomic E-state index is 12.9. The molecule has 0 aliphatic carbocycles. The van der Waals surface area contributed by atoms with Gasteiger partial charge in [0.1, 0.15) is 23.2 Å². The highest BCUT2D eigenvalue weighted by Crippen LogP contribution is 2.33. The van der Waals surface area contributed by atoms with Crippen LogP contribution in [-0.2, 0) is 9.53 Å². The largest absolute Gasteiger partial charge is 0.496 e. The molecular formula is C24H34N4O4. The number of alkyl carbamates (subject to hydrolysis) is 1. The first-order chi connectivity index (χ1) is 15.0. The van der Waals surface area contributed by atoms with Crippen molar-refractivity contribution in [2.75, 3.05) is 24.8 Å². The Labute approximate surface area is 190 Å². The van der Waals surface area contributed by atoms with Crippen molar-refractivity contribution in [1.29, 1.82) is 0 Å². The smallest absolute Gasteiger partial charge is 0.408 e. The quantitative estimate of drug-likeness (QED) is 0.549. The highest BCUT2D eigenvalue weighted by Gasteiger charge is 2.25. The fourth-order valence-corrected chi connectivity index (χ4v) is 3.12.